The van der Waals surface area contributed by atoms with Gasteiger partial charge in [-0.15, -0.1) is 0 Å². The molecule has 0 heterocycles. The monoisotopic (exact) mass is 379 g/mol. The Morgan fingerprint density at radius 1 is 0.963 bits per heavy atom. The summed E-state index contributed by atoms with van der Waals surface area (Å²) in [4.78, 5) is 23.7. The molecule has 0 bridgehead atoms. The van der Waals surface area contributed by atoms with Crippen LogP contribution in [0, 0.1) is 0 Å². The maximum absolute atomic E-state index is 11.9. The first kappa shape index (κ1) is 23.0. The number of rotatable bonds is 14. The predicted molar refractivity (Wildman–Crippen MR) is 104 cm³/mol. The molecule has 1 amide bonds. The number of aliphatic hydroxyl groups is 1. The fraction of sp³-hybridized carbons (Fsp3) is 0.619. The normalized spacial score (nSPS) is 11.6. The van der Waals surface area contributed by atoms with Crippen molar-refractivity contribution in [1.82, 2.24) is 5.32 Å². The molecule has 1 aromatic rings. The van der Waals surface area contributed by atoms with Crippen LogP contribution in [0.1, 0.15) is 63.9 Å². The van der Waals surface area contributed by atoms with E-state index in [1.807, 2.05) is 30.3 Å². The van der Waals surface area contributed by atoms with E-state index in [0.29, 0.717) is 6.61 Å². The smallest absolute Gasteiger partial charge is 0.408 e. The van der Waals surface area contributed by atoms with E-state index in [1.54, 1.807) is 0 Å². The van der Waals surface area contributed by atoms with Gasteiger partial charge in [-0.25, -0.2) is 9.59 Å². The zero-order chi connectivity index (χ0) is 19.7. The highest BCUT2D eigenvalue weighted by molar-refractivity contribution is 5.81. The molecule has 0 spiro atoms. The number of carbonyl (C=O) groups is 2. The van der Waals surface area contributed by atoms with Gasteiger partial charge >= 0.3 is 12.1 Å². The molecule has 27 heavy (non-hydrogen) atoms. The van der Waals surface area contributed by atoms with Crippen LogP contribution < -0.4 is 5.32 Å². The van der Waals surface area contributed by atoms with Gasteiger partial charge in [-0.2, -0.15) is 0 Å². The Morgan fingerprint density at radius 3 is 2.22 bits per heavy atom. The second-order valence-corrected chi connectivity index (χ2v) is 6.58. The molecular weight excluding hydrogens is 346 g/mol. The molecule has 0 saturated carbocycles. The summed E-state index contributed by atoms with van der Waals surface area (Å²) in [6.45, 7) is 2.06. The SMILES string of the molecule is CCCCCCCCCCOC(=O)C(CO)NC(=O)OCc1ccccc1. The van der Waals surface area contributed by atoms with E-state index in [2.05, 4.69) is 12.2 Å². The van der Waals surface area contributed by atoms with Gasteiger partial charge in [0.05, 0.1) is 13.2 Å². The van der Waals surface area contributed by atoms with Crippen molar-refractivity contribution in [3.05, 3.63) is 35.9 Å². The number of esters is 1. The van der Waals surface area contributed by atoms with E-state index >= 15 is 0 Å². The van der Waals surface area contributed by atoms with Crippen LogP contribution in [0.3, 0.4) is 0 Å². The van der Waals surface area contributed by atoms with Crippen molar-refractivity contribution in [2.24, 2.45) is 0 Å². The molecule has 2 N–H and O–H groups in total. The summed E-state index contributed by atoms with van der Waals surface area (Å²) in [7, 11) is 0. The second kappa shape index (κ2) is 15.0. The fourth-order valence-corrected chi connectivity index (χ4v) is 2.60. The Balaban J connectivity index is 2.13. The second-order valence-electron chi connectivity index (χ2n) is 6.58. The van der Waals surface area contributed by atoms with Gasteiger partial charge in [-0.3, -0.25) is 0 Å². The van der Waals surface area contributed by atoms with Gasteiger partial charge in [0.25, 0.3) is 0 Å². The average molecular weight is 379 g/mol. The lowest BCUT2D eigenvalue weighted by molar-refractivity contribution is -0.147. The van der Waals surface area contributed by atoms with Crippen LogP contribution in [-0.4, -0.2) is 36.4 Å². The lowest BCUT2D eigenvalue weighted by Crippen LogP contribution is -2.44. The van der Waals surface area contributed by atoms with Crippen molar-refractivity contribution in [2.75, 3.05) is 13.2 Å². The highest BCUT2D eigenvalue weighted by Gasteiger charge is 2.22. The molecule has 0 radical (unpaired) electrons. The first-order chi connectivity index (χ1) is 13.2. The third-order valence-electron chi connectivity index (χ3n) is 4.21. The van der Waals surface area contributed by atoms with Crippen LogP contribution in [0.2, 0.25) is 0 Å². The molecule has 0 aliphatic rings. The molecular formula is C21H33NO5. The third-order valence-corrected chi connectivity index (χ3v) is 4.21. The average Bonchev–Trinajstić information content (AvgIpc) is 2.69. The third kappa shape index (κ3) is 11.3. The van der Waals surface area contributed by atoms with Crippen LogP contribution in [0.5, 0.6) is 0 Å². The summed E-state index contributed by atoms with van der Waals surface area (Å²) in [5.41, 5.74) is 0.838. The minimum atomic E-state index is -1.11. The number of aliphatic hydroxyl groups excluding tert-OH is 1. The molecule has 152 valence electrons. The lowest BCUT2D eigenvalue weighted by Gasteiger charge is -2.15. The number of amides is 1. The quantitative estimate of drug-likeness (QED) is 0.377. The molecule has 1 aromatic carbocycles. The predicted octanol–water partition coefficient (Wildman–Crippen LogP) is 3.96. The largest absolute Gasteiger partial charge is 0.464 e. The summed E-state index contributed by atoms with van der Waals surface area (Å²) < 4.78 is 10.2. The number of nitrogens with one attached hydrogen (secondary N) is 1. The standard InChI is InChI=1S/C21H33NO5/c1-2-3-4-5-6-7-8-12-15-26-20(24)19(16-23)22-21(25)27-17-18-13-10-9-11-14-18/h9-11,13-14,19,23H,2-8,12,15-17H2,1H3,(H,22,25). The molecule has 0 aromatic heterocycles. The van der Waals surface area contributed by atoms with Gasteiger partial charge in [-0.05, 0) is 12.0 Å². The Kier molecular flexibility index (Phi) is 12.8. The Morgan fingerprint density at radius 2 is 1.59 bits per heavy atom. The Labute approximate surface area is 162 Å². The number of ether oxygens (including phenoxy) is 2. The molecule has 6 nitrogen and oxygen atoms in total. The minimum Gasteiger partial charge on any atom is -0.464 e. The van der Waals surface area contributed by atoms with Crippen LogP contribution in [0.4, 0.5) is 4.79 Å². The van der Waals surface area contributed by atoms with Crippen LogP contribution in [0.15, 0.2) is 30.3 Å². The van der Waals surface area contributed by atoms with E-state index < -0.39 is 24.7 Å². The van der Waals surface area contributed by atoms with Crippen molar-refractivity contribution in [3.8, 4) is 0 Å². The van der Waals surface area contributed by atoms with Gasteiger partial charge in [-0.1, -0.05) is 82.2 Å². The lowest BCUT2D eigenvalue weighted by atomic mass is 10.1. The highest BCUT2D eigenvalue weighted by atomic mass is 16.6. The van der Waals surface area contributed by atoms with E-state index in [9.17, 15) is 14.7 Å². The number of carbonyl (C=O) groups excluding carboxylic acids is 2. The first-order valence-corrected chi connectivity index (χ1v) is 9.92. The topological polar surface area (TPSA) is 84.9 Å². The maximum atomic E-state index is 11.9. The molecule has 0 aliphatic carbocycles. The van der Waals surface area contributed by atoms with Crippen LogP contribution in [0.25, 0.3) is 0 Å². The summed E-state index contributed by atoms with van der Waals surface area (Å²) in [6, 6.07) is 8.10. The first-order valence-electron chi connectivity index (χ1n) is 9.92. The van der Waals surface area contributed by atoms with Crippen molar-refractivity contribution < 1.29 is 24.2 Å². The Bertz CT molecular complexity index is 521. The number of hydrogen-bond donors (Lipinski definition) is 2. The van der Waals surface area contributed by atoms with E-state index in [-0.39, 0.29) is 6.61 Å². The summed E-state index contributed by atoms with van der Waals surface area (Å²) in [5, 5.41) is 11.6. The van der Waals surface area contributed by atoms with Crippen molar-refractivity contribution in [1.29, 1.82) is 0 Å². The minimum absolute atomic E-state index is 0.0954. The van der Waals surface area contributed by atoms with Gasteiger partial charge in [0.2, 0.25) is 0 Å². The molecule has 1 unspecified atom stereocenters. The molecule has 0 aliphatic heterocycles. The summed E-state index contributed by atoms with van der Waals surface area (Å²) in [5.74, 6) is -0.642. The van der Waals surface area contributed by atoms with Crippen molar-refractivity contribution >= 4 is 12.1 Å². The number of alkyl carbamates (subject to hydrolysis) is 1. The fourth-order valence-electron chi connectivity index (χ4n) is 2.60. The van der Waals surface area contributed by atoms with Gasteiger partial charge in [0, 0.05) is 0 Å². The number of unbranched alkanes of at least 4 members (excludes halogenated alkanes) is 7. The Hall–Kier alpha value is -2.08. The maximum Gasteiger partial charge on any atom is 0.408 e. The summed E-state index contributed by atoms with van der Waals surface area (Å²) >= 11 is 0. The van der Waals surface area contributed by atoms with Crippen LogP contribution >= 0.6 is 0 Å². The van der Waals surface area contributed by atoms with E-state index in [0.717, 1.165) is 24.8 Å². The van der Waals surface area contributed by atoms with Crippen LogP contribution in [-0.2, 0) is 20.9 Å². The van der Waals surface area contributed by atoms with Gasteiger partial charge in [0.1, 0.15) is 6.61 Å². The van der Waals surface area contributed by atoms with E-state index in [4.69, 9.17) is 9.47 Å². The van der Waals surface area contributed by atoms with Gasteiger partial charge in [0.15, 0.2) is 6.04 Å². The molecule has 1 rings (SSSR count). The van der Waals surface area contributed by atoms with E-state index in [1.165, 1.54) is 32.1 Å². The van der Waals surface area contributed by atoms with Gasteiger partial charge < -0.3 is 19.9 Å². The van der Waals surface area contributed by atoms with Crippen molar-refractivity contribution in [3.63, 3.8) is 0 Å². The summed E-state index contributed by atoms with van der Waals surface area (Å²) in [6.07, 6.45) is 8.46. The highest BCUT2D eigenvalue weighted by Crippen LogP contribution is 2.08. The molecule has 0 saturated heterocycles. The zero-order valence-corrected chi connectivity index (χ0v) is 16.3. The van der Waals surface area contributed by atoms with Crippen molar-refractivity contribution in [2.45, 2.75) is 70.9 Å². The number of hydrogen-bond acceptors (Lipinski definition) is 5. The zero-order valence-electron chi connectivity index (χ0n) is 16.3. The number of benzene rings is 1. The molecule has 6 heteroatoms. The molecule has 0 fully saturated rings. The molecule has 1 atom stereocenters.